The molecule has 0 aromatic heterocycles. The number of carboxylic acid groups (broad SMARTS) is 1. The molecule has 0 heterocycles. The van der Waals surface area contributed by atoms with E-state index in [1.807, 2.05) is 0 Å². The fourth-order valence-corrected chi connectivity index (χ4v) is 1.70. The Morgan fingerprint density at radius 1 is 1.47 bits per heavy atom. The fraction of sp³-hybridized carbons (Fsp3) is 0.600. The van der Waals surface area contributed by atoms with Crippen LogP contribution in [0.3, 0.4) is 0 Å². The van der Waals surface area contributed by atoms with Gasteiger partial charge in [0.25, 0.3) is 0 Å². The summed E-state index contributed by atoms with van der Waals surface area (Å²) in [7, 11) is 0. The van der Waals surface area contributed by atoms with Crippen molar-refractivity contribution in [1.82, 2.24) is 10.6 Å². The quantitative estimate of drug-likeness (QED) is 0.581. The minimum absolute atomic E-state index is 0.0520. The normalized spacial score (nSPS) is 24.2. The van der Waals surface area contributed by atoms with Crippen LogP contribution in [0.15, 0.2) is 0 Å². The van der Waals surface area contributed by atoms with Crippen LogP contribution in [-0.4, -0.2) is 29.7 Å². The van der Waals surface area contributed by atoms with Crippen molar-refractivity contribution in [3.8, 4) is 12.3 Å². The molecule has 82 valence electrons. The number of carbonyl (C=O) groups excluding carboxylic acids is 1. The molecule has 15 heavy (non-hydrogen) atoms. The van der Waals surface area contributed by atoms with Crippen molar-refractivity contribution in [3.63, 3.8) is 0 Å². The van der Waals surface area contributed by atoms with Crippen molar-refractivity contribution in [3.05, 3.63) is 0 Å². The third kappa shape index (κ3) is 3.50. The van der Waals surface area contributed by atoms with Crippen LogP contribution in [0.25, 0.3) is 0 Å². The molecule has 0 radical (unpaired) electrons. The molecule has 5 nitrogen and oxygen atoms in total. The second kappa shape index (κ2) is 5.25. The first kappa shape index (κ1) is 11.4. The highest BCUT2D eigenvalue weighted by molar-refractivity contribution is 5.75. The number of carbonyl (C=O) groups is 2. The highest BCUT2D eigenvalue weighted by Crippen LogP contribution is 2.25. The highest BCUT2D eigenvalue weighted by atomic mass is 16.4. The van der Waals surface area contributed by atoms with Crippen molar-refractivity contribution < 1.29 is 14.7 Å². The molecule has 2 amide bonds. The van der Waals surface area contributed by atoms with E-state index in [-0.39, 0.29) is 24.5 Å². The smallest absolute Gasteiger partial charge is 0.315 e. The second-order valence-electron chi connectivity index (χ2n) is 3.58. The summed E-state index contributed by atoms with van der Waals surface area (Å²) in [5, 5.41) is 13.9. The van der Waals surface area contributed by atoms with Crippen LogP contribution in [0, 0.1) is 18.3 Å². The molecular weight excluding hydrogens is 196 g/mol. The Hall–Kier alpha value is -1.70. The van der Waals surface area contributed by atoms with Gasteiger partial charge >= 0.3 is 12.0 Å². The summed E-state index contributed by atoms with van der Waals surface area (Å²) in [6.07, 6.45) is 6.80. The Morgan fingerprint density at radius 3 is 2.73 bits per heavy atom. The number of hydrogen-bond acceptors (Lipinski definition) is 2. The molecule has 1 saturated carbocycles. The SMILES string of the molecule is C#CCNC(=O)NC1CCC(C(=O)O)C1. The lowest BCUT2D eigenvalue weighted by Gasteiger charge is -2.12. The Balaban J connectivity index is 2.27. The highest BCUT2D eigenvalue weighted by Gasteiger charge is 2.30. The van der Waals surface area contributed by atoms with Gasteiger partial charge < -0.3 is 15.7 Å². The summed E-state index contributed by atoms with van der Waals surface area (Å²) in [6, 6.07) is -0.382. The van der Waals surface area contributed by atoms with Crippen molar-refractivity contribution >= 4 is 12.0 Å². The Kier molecular flexibility index (Phi) is 3.98. The third-order valence-electron chi connectivity index (χ3n) is 2.47. The van der Waals surface area contributed by atoms with Gasteiger partial charge in [-0.2, -0.15) is 0 Å². The van der Waals surface area contributed by atoms with Crippen LogP contribution in [0.2, 0.25) is 0 Å². The maximum Gasteiger partial charge on any atom is 0.315 e. The van der Waals surface area contributed by atoms with Gasteiger partial charge in [-0.3, -0.25) is 4.79 Å². The molecule has 3 N–H and O–H groups in total. The van der Waals surface area contributed by atoms with Crippen LogP contribution in [0.4, 0.5) is 4.79 Å². The first-order valence-corrected chi connectivity index (χ1v) is 4.84. The maximum atomic E-state index is 11.2. The van der Waals surface area contributed by atoms with E-state index in [1.54, 1.807) is 0 Å². The predicted molar refractivity (Wildman–Crippen MR) is 54.1 cm³/mol. The van der Waals surface area contributed by atoms with Crippen LogP contribution >= 0.6 is 0 Å². The Bertz CT molecular complexity index is 296. The first-order valence-electron chi connectivity index (χ1n) is 4.84. The van der Waals surface area contributed by atoms with Gasteiger partial charge in [0, 0.05) is 6.04 Å². The van der Waals surface area contributed by atoms with E-state index in [2.05, 4.69) is 16.6 Å². The molecule has 5 heteroatoms. The monoisotopic (exact) mass is 210 g/mol. The molecule has 1 fully saturated rings. The molecule has 0 spiro atoms. The first-order chi connectivity index (χ1) is 7.13. The van der Waals surface area contributed by atoms with E-state index < -0.39 is 5.97 Å². The summed E-state index contributed by atoms with van der Waals surface area (Å²) in [5.74, 6) is 1.17. The number of urea groups is 1. The van der Waals surface area contributed by atoms with E-state index in [4.69, 9.17) is 11.5 Å². The molecule has 2 atom stereocenters. The molecule has 1 aliphatic carbocycles. The van der Waals surface area contributed by atoms with Gasteiger partial charge in [-0.25, -0.2) is 4.79 Å². The lowest BCUT2D eigenvalue weighted by molar-refractivity contribution is -0.141. The zero-order valence-electron chi connectivity index (χ0n) is 8.32. The summed E-state index contributed by atoms with van der Waals surface area (Å²) in [5.41, 5.74) is 0. The molecule has 0 aromatic rings. The van der Waals surface area contributed by atoms with E-state index in [1.165, 1.54) is 0 Å². The summed E-state index contributed by atoms with van der Waals surface area (Å²) in [6.45, 7) is 0.181. The minimum Gasteiger partial charge on any atom is -0.481 e. The van der Waals surface area contributed by atoms with Crippen LogP contribution in [0.1, 0.15) is 19.3 Å². The van der Waals surface area contributed by atoms with Gasteiger partial charge in [0.15, 0.2) is 0 Å². The average molecular weight is 210 g/mol. The lowest BCUT2D eigenvalue weighted by Crippen LogP contribution is -2.41. The van der Waals surface area contributed by atoms with Gasteiger partial charge in [-0.15, -0.1) is 6.42 Å². The van der Waals surface area contributed by atoms with Crippen LogP contribution < -0.4 is 10.6 Å². The predicted octanol–water partition coefficient (Wildman–Crippen LogP) is 0.172. The topological polar surface area (TPSA) is 78.4 Å². The second-order valence-corrected chi connectivity index (χ2v) is 3.58. The molecular formula is C10H14N2O3. The van der Waals surface area contributed by atoms with Crippen LogP contribution in [0.5, 0.6) is 0 Å². The summed E-state index contributed by atoms with van der Waals surface area (Å²) in [4.78, 5) is 21.8. The minimum atomic E-state index is -0.789. The third-order valence-corrected chi connectivity index (χ3v) is 2.47. The number of terminal acetylenes is 1. The van der Waals surface area contributed by atoms with Gasteiger partial charge in [0.2, 0.25) is 0 Å². The summed E-state index contributed by atoms with van der Waals surface area (Å²) >= 11 is 0. The van der Waals surface area contributed by atoms with Gasteiger partial charge in [-0.1, -0.05) is 5.92 Å². The standard InChI is InChI=1S/C10H14N2O3/c1-2-5-11-10(15)12-8-4-3-7(6-8)9(13)14/h1,7-8H,3-6H2,(H,13,14)(H2,11,12,15). The number of carboxylic acids is 1. The zero-order chi connectivity index (χ0) is 11.3. The number of rotatable bonds is 3. The van der Waals surface area contributed by atoms with Crippen molar-refractivity contribution in [2.24, 2.45) is 5.92 Å². The van der Waals surface area contributed by atoms with Gasteiger partial charge in [0.1, 0.15) is 0 Å². The van der Waals surface area contributed by atoms with Crippen LogP contribution in [-0.2, 0) is 4.79 Å². The number of amides is 2. The number of hydrogen-bond donors (Lipinski definition) is 3. The molecule has 0 saturated heterocycles. The molecule has 2 unspecified atom stereocenters. The fourth-order valence-electron chi connectivity index (χ4n) is 1.70. The summed E-state index contributed by atoms with van der Waals surface area (Å²) < 4.78 is 0. The zero-order valence-corrected chi connectivity index (χ0v) is 8.32. The van der Waals surface area contributed by atoms with Crippen molar-refractivity contribution in [2.45, 2.75) is 25.3 Å². The Morgan fingerprint density at radius 2 is 2.20 bits per heavy atom. The average Bonchev–Trinajstić information content (AvgIpc) is 2.63. The van der Waals surface area contributed by atoms with Crippen molar-refractivity contribution in [2.75, 3.05) is 6.54 Å². The lowest BCUT2D eigenvalue weighted by atomic mass is 10.1. The number of aliphatic carboxylic acids is 1. The molecule has 1 rings (SSSR count). The molecule has 0 aliphatic heterocycles. The maximum absolute atomic E-state index is 11.2. The van der Waals surface area contributed by atoms with E-state index in [0.717, 1.165) is 0 Å². The van der Waals surface area contributed by atoms with Gasteiger partial charge in [-0.05, 0) is 19.3 Å². The molecule has 1 aliphatic rings. The Labute approximate surface area is 88.2 Å². The van der Waals surface area contributed by atoms with E-state index >= 15 is 0 Å². The van der Waals surface area contributed by atoms with Crippen molar-refractivity contribution in [1.29, 1.82) is 0 Å². The van der Waals surface area contributed by atoms with Gasteiger partial charge in [0.05, 0.1) is 12.5 Å². The van der Waals surface area contributed by atoms with E-state index in [0.29, 0.717) is 19.3 Å². The van der Waals surface area contributed by atoms with E-state index in [9.17, 15) is 9.59 Å². The molecule has 0 bridgehead atoms. The largest absolute Gasteiger partial charge is 0.481 e. The number of nitrogens with one attached hydrogen (secondary N) is 2. The molecule has 0 aromatic carbocycles.